The molecule has 2 N–H and O–H groups in total. The van der Waals surface area contributed by atoms with Gasteiger partial charge in [-0.25, -0.2) is 10.2 Å². The van der Waals surface area contributed by atoms with Gasteiger partial charge in [0.15, 0.2) is 6.61 Å². The maximum Gasteiger partial charge on any atom is 0.335 e. The molecule has 3 aromatic rings. The van der Waals surface area contributed by atoms with Gasteiger partial charge in [-0.15, -0.1) is 0 Å². The Bertz CT molecular complexity index is 1180. The number of benzene rings is 2. The van der Waals surface area contributed by atoms with E-state index in [0.717, 1.165) is 16.9 Å². The molecule has 1 heterocycles. The van der Waals surface area contributed by atoms with E-state index in [2.05, 4.69) is 10.5 Å². The molecule has 1 aromatic heterocycles. The van der Waals surface area contributed by atoms with E-state index in [1.807, 2.05) is 19.1 Å². The fourth-order valence-electron chi connectivity index (χ4n) is 2.58. The maximum atomic E-state index is 12.3. The molecule has 0 aliphatic rings. The lowest BCUT2D eigenvalue weighted by atomic mass is 10.1. The Balaban J connectivity index is 1.61. The van der Waals surface area contributed by atoms with Crippen LogP contribution in [0.3, 0.4) is 0 Å². The first-order chi connectivity index (χ1) is 14.8. The summed E-state index contributed by atoms with van der Waals surface area (Å²) in [5.74, 6) is -0.958. The summed E-state index contributed by atoms with van der Waals surface area (Å²) in [4.78, 5) is 35.3. The van der Waals surface area contributed by atoms with E-state index >= 15 is 0 Å². The SMILES string of the molecule is Cc1ccc(OCC(=O)N/N=C\c2sc(=O)n(Cc3cccc(C(=O)O)c3)c2Cl)cc1. The quantitative estimate of drug-likeness (QED) is 0.397. The average molecular weight is 460 g/mol. The van der Waals surface area contributed by atoms with Gasteiger partial charge in [0.05, 0.1) is 23.2 Å². The van der Waals surface area contributed by atoms with Gasteiger partial charge in [-0.3, -0.25) is 14.2 Å². The number of carboxylic acid groups (broad SMARTS) is 1. The molecule has 10 heteroatoms. The van der Waals surface area contributed by atoms with Crippen molar-refractivity contribution in [1.29, 1.82) is 0 Å². The summed E-state index contributed by atoms with van der Waals surface area (Å²) in [7, 11) is 0. The first-order valence-corrected chi connectivity index (χ1v) is 10.3. The number of carbonyl (C=O) groups excluding carboxylic acids is 1. The van der Waals surface area contributed by atoms with Crippen LogP contribution >= 0.6 is 22.9 Å². The van der Waals surface area contributed by atoms with Crippen LogP contribution in [0.15, 0.2) is 58.4 Å². The predicted octanol–water partition coefficient (Wildman–Crippen LogP) is 3.15. The molecule has 0 aliphatic heterocycles. The zero-order chi connectivity index (χ0) is 22.4. The minimum absolute atomic E-state index is 0.111. The summed E-state index contributed by atoms with van der Waals surface area (Å²) in [6, 6.07) is 13.5. The first kappa shape index (κ1) is 22.3. The molecule has 0 unspecified atom stereocenters. The van der Waals surface area contributed by atoms with Crippen molar-refractivity contribution in [3.05, 3.63) is 84.9 Å². The van der Waals surface area contributed by atoms with E-state index < -0.39 is 11.9 Å². The van der Waals surface area contributed by atoms with Gasteiger partial charge in [0.1, 0.15) is 10.9 Å². The topological polar surface area (TPSA) is 110 Å². The van der Waals surface area contributed by atoms with Crippen LogP contribution in [0.5, 0.6) is 5.75 Å². The number of amides is 1. The van der Waals surface area contributed by atoms with E-state index in [1.165, 1.54) is 22.9 Å². The van der Waals surface area contributed by atoms with Crippen molar-refractivity contribution in [3.63, 3.8) is 0 Å². The summed E-state index contributed by atoms with van der Waals surface area (Å²) in [5.41, 5.74) is 4.13. The lowest BCUT2D eigenvalue weighted by Crippen LogP contribution is -2.24. The number of rotatable bonds is 8. The highest BCUT2D eigenvalue weighted by Crippen LogP contribution is 2.18. The third-order valence-electron chi connectivity index (χ3n) is 4.13. The highest BCUT2D eigenvalue weighted by molar-refractivity contribution is 7.11. The Kier molecular flexibility index (Phi) is 7.22. The van der Waals surface area contributed by atoms with E-state index in [4.69, 9.17) is 21.4 Å². The number of carbonyl (C=O) groups is 2. The number of hydrogen-bond acceptors (Lipinski definition) is 6. The van der Waals surface area contributed by atoms with E-state index in [9.17, 15) is 14.4 Å². The van der Waals surface area contributed by atoms with Crippen LogP contribution in [0.25, 0.3) is 0 Å². The Morgan fingerprint density at radius 2 is 2.00 bits per heavy atom. The van der Waals surface area contributed by atoms with Crippen molar-refractivity contribution in [2.75, 3.05) is 6.61 Å². The molecule has 0 fully saturated rings. The molecule has 1 amide bonds. The Morgan fingerprint density at radius 3 is 2.71 bits per heavy atom. The second-order valence-electron chi connectivity index (χ2n) is 6.51. The van der Waals surface area contributed by atoms with Gasteiger partial charge in [-0.1, -0.05) is 52.8 Å². The summed E-state index contributed by atoms with van der Waals surface area (Å²) in [6.07, 6.45) is 1.28. The molecule has 0 aliphatic carbocycles. The number of hydrogen-bond donors (Lipinski definition) is 2. The number of nitrogens with zero attached hydrogens (tertiary/aromatic N) is 2. The van der Waals surface area contributed by atoms with Crippen molar-refractivity contribution < 1.29 is 19.4 Å². The lowest BCUT2D eigenvalue weighted by molar-refractivity contribution is -0.123. The van der Waals surface area contributed by atoms with Gasteiger partial charge in [0, 0.05) is 0 Å². The largest absolute Gasteiger partial charge is 0.484 e. The highest BCUT2D eigenvalue weighted by atomic mass is 35.5. The standard InChI is InChI=1S/C21H18ClN3O5S/c1-13-5-7-16(8-6-13)30-12-18(26)24-23-10-17-19(22)25(21(29)31-17)11-14-3-2-4-15(9-14)20(27)28/h2-10H,11-12H2,1H3,(H,24,26)(H,27,28)/b23-10-. The Hall–Kier alpha value is -3.43. The predicted molar refractivity (Wildman–Crippen MR) is 119 cm³/mol. The van der Waals surface area contributed by atoms with Gasteiger partial charge < -0.3 is 9.84 Å². The maximum absolute atomic E-state index is 12.3. The molecule has 0 radical (unpaired) electrons. The first-order valence-electron chi connectivity index (χ1n) is 9.06. The summed E-state index contributed by atoms with van der Waals surface area (Å²) < 4.78 is 6.66. The van der Waals surface area contributed by atoms with Crippen molar-refractivity contribution in [3.8, 4) is 5.75 Å². The molecule has 0 bridgehead atoms. The van der Waals surface area contributed by atoms with Crippen LogP contribution in [-0.4, -0.2) is 34.4 Å². The van der Waals surface area contributed by atoms with Crippen LogP contribution in [0, 0.1) is 6.92 Å². The minimum atomic E-state index is -1.06. The average Bonchev–Trinajstić information content (AvgIpc) is 3.01. The molecule has 2 aromatic carbocycles. The number of hydrazone groups is 1. The zero-order valence-electron chi connectivity index (χ0n) is 16.4. The lowest BCUT2D eigenvalue weighted by Gasteiger charge is -2.05. The van der Waals surface area contributed by atoms with Crippen LogP contribution in [0.1, 0.15) is 26.4 Å². The summed E-state index contributed by atoms with van der Waals surface area (Å²) in [5, 5.41) is 13.1. The molecule has 160 valence electrons. The number of nitrogens with one attached hydrogen (secondary N) is 1. The summed E-state index contributed by atoms with van der Waals surface area (Å²) >= 11 is 7.14. The number of thiazole rings is 1. The van der Waals surface area contributed by atoms with Gasteiger partial charge in [-0.2, -0.15) is 5.10 Å². The minimum Gasteiger partial charge on any atom is -0.484 e. The number of aryl methyl sites for hydroxylation is 1. The molecule has 0 saturated heterocycles. The van der Waals surface area contributed by atoms with Crippen molar-refractivity contribution in [2.24, 2.45) is 5.10 Å². The van der Waals surface area contributed by atoms with Crippen molar-refractivity contribution >= 4 is 41.0 Å². The van der Waals surface area contributed by atoms with Crippen molar-refractivity contribution in [2.45, 2.75) is 13.5 Å². The molecular weight excluding hydrogens is 442 g/mol. The smallest absolute Gasteiger partial charge is 0.335 e. The molecule has 31 heavy (non-hydrogen) atoms. The fourth-order valence-corrected chi connectivity index (χ4v) is 3.69. The van der Waals surface area contributed by atoms with Crippen LogP contribution < -0.4 is 15.0 Å². The molecule has 8 nitrogen and oxygen atoms in total. The van der Waals surface area contributed by atoms with Gasteiger partial charge in [-0.05, 0) is 36.8 Å². The van der Waals surface area contributed by atoms with Crippen molar-refractivity contribution in [1.82, 2.24) is 9.99 Å². The molecule has 0 atom stereocenters. The third kappa shape index (κ3) is 6.03. The van der Waals surface area contributed by atoms with Crippen LogP contribution in [-0.2, 0) is 11.3 Å². The molecule has 0 spiro atoms. The molecular formula is C21H18ClN3O5S. The second-order valence-corrected chi connectivity index (χ2v) is 7.86. The molecule has 3 rings (SSSR count). The zero-order valence-corrected chi connectivity index (χ0v) is 17.9. The molecule has 0 saturated carbocycles. The number of carboxylic acids is 1. The Morgan fingerprint density at radius 1 is 1.26 bits per heavy atom. The van der Waals surface area contributed by atoms with Crippen LogP contribution in [0.4, 0.5) is 0 Å². The third-order valence-corrected chi connectivity index (χ3v) is 5.57. The Labute approximate surface area is 186 Å². The number of aromatic carboxylic acids is 1. The van der Waals surface area contributed by atoms with E-state index in [0.29, 0.717) is 16.2 Å². The summed E-state index contributed by atoms with van der Waals surface area (Å²) in [6.45, 7) is 1.84. The van der Waals surface area contributed by atoms with Gasteiger partial charge >= 0.3 is 10.8 Å². The number of ether oxygens (including phenoxy) is 1. The van der Waals surface area contributed by atoms with Crippen LogP contribution in [0.2, 0.25) is 5.15 Å². The number of halogens is 1. The van der Waals surface area contributed by atoms with E-state index in [-0.39, 0.29) is 28.7 Å². The van der Waals surface area contributed by atoms with Gasteiger partial charge in [0.25, 0.3) is 5.91 Å². The highest BCUT2D eigenvalue weighted by Gasteiger charge is 2.13. The monoisotopic (exact) mass is 459 g/mol. The second kappa shape index (κ2) is 10.1. The number of aromatic nitrogens is 1. The fraction of sp³-hybridized carbons (Fsp3) is 0.143. The van der Waals surface area contributed by atoms with E-state index in [1.54, 1.807) is 24.3 Å². The normalized spacial score (nSPS) is 10.9. The van der Waals surface area contributed by atoms with Gasteiger partial charge in [0.2, 0.25) is 0 Å².